The maximum atomic E-state index is 13.3. The molecule has 0 bridgehead atoms. The van der Waals surface area contributed by atoms with Crippen molar-refractivity contribution in [1.82, 2.24) is 0 Å². The topological polar surface area (TPSA) is 0 Å². The average molecular weight is 266 g/mol. The number of hydrogen-bond acceptors (Lipinski definition) is 1. The van der Waals surface area contributed by atoms with Crippen LogP contribution in [0, 0.1) is 5.82 Å². The van der Waals surface area contributed by atoms with Crippen LogP contribution in [0.1, 0.15) is 0 Å². The number of fused-ring (bicyclic) bond motifs is 1. The van der Waals surface area contributed by atoms with E-state index in [0.29, 0.717) is 4.70 Å². The first-order chi connectivity index (χ1) is 5.70. The van der Waals surface area contributed by atoms with Gasteiger partial charge in [-0.3, -0.25) is 0 Å². The zero-order chi connectivity index (χ0) is 8.72. The normalized spacial score (nSPS) is 10.9. The van der Waals surface area contributed by atoms with Gasteiger partial charge in [0.05, 0.1) is 9.72 Å². The van der Waals surface area contributed by atoms with E-state index in [9.17, 15) is 4.39 Å². The first-order valence-electron chi connectivity index (χ1n) is 3.21. The Morgan fingerprint density at radius 1 is 1.42 bits per heavy atom. The molecule has 1 aromatic heterocycles. The molecule has 0 aliphatic heterocycles. The van der Waals surface area contributed by atoms with Gasteiger partial charge in [-0.25, -0.2) is 4.39 Å². The van der Waals surface area contributed by atoms with Crippen LogP contribution in [0.4, 0.5) is 4.39 Å². The molecule has 0 atom stereocenters. The standard InChI is InChI=1S/C8H3BrClFS/c9-5-3-12-8-4(5)1-2-6(10)7(8)11/h1-3H. The van der Waals surface area contributed by atoms with Gasteiger partial charge < -0.3 is 0 Å². The molecule has 0 saturated carbocycles. The molecule has 0 N–H and O–H groups in total. The Morgan fingerprint density at radius 2 is 2.17 bits per heavy atom. The summed E-state index contributed by atoms with van der Waals surface area (Å²) in [5, 5.41) is 2.91. The zero-order valence-electron chi connectivity index (χ0n) is 5.77. The van der Waals surface area contributed by atoms with E-state index in [1.807, 2.05) is 5.38 Å². The molecule has 12 heavy (non-hydrogen) atoms. The van der Waals surface area contributed by atoms with Gasteiger partial charge in [0.25, 0.3) is 0 Å². The van der Waals surface area contributed by atoms with E-state index in [4.69, 9.17) is 11.6 Å². The summed E-state index contributed by atoms with van der Waals surface area (Å²) in [7, 11) is 0. The van der Waals surface area contributed by atoms with Gasteiger partial charge in [0.2, 0.25) is 0 Å². The Balaban J connectivity index is 2.93. The highest BCUT2D eigenvalue weighted by Crippen LogP contribution is 2.34. The molecule has 0 nitrogen and oxygen atoms in total. The second-order valence-electron chi connectivity index (χ2n) is 2.32. The first-order valence-corrected chi connectivity index (χ1v) is 5.26. The van der Waals surface area contributed by atoms with Crippen LogP contribution in [0.5, 0.6) is 0 Å². The molecule has 1 aromatic carbocycles. The van der Waals surface area contributed by atoms with Crippen LogP contribution in [-0.2, 0) is 0 Å². The number of halogens is 3. The van der Waals surface area contributed by atoms with Gasteiger partial charge in [-0.1, -0.05) is 17.7 Å². The molecule has 62 valence electrons. The number of benzene rings is 1. The Morgan fingerprint density at radius 3 is 2.92 bits per heavy atom. The molecule has 0 saturated heterocycles. The van der Waals surface area contributed by atoms with Crippen LogP contribution in [0.15, 0.2) is 22.0 Å². The van der Waals surface area contributed by atoms with E-state index in [-0.39, 0.29) is 10.8 Å². The highest BCUT2D eigenvalue weighted by Gasteiger charge is 2.08. The second-order valence-corrected chi connectivity index (χ2v) is 4.46. The molecule has 0 aliphatic carbocycles. The molecule has 0 radical (unpaired) electrons. The molecule has 2 rings (SSSR count). The quantitative estimate of drug-likeness (QED) is 0.660. The Hall–Kier alpha value is -0.120. The molecule has 4 heteroatoms. The minimum absolute atomic E-state index is 0.178. The molecule has 0 unspecified atom stereocenters. The SMILES string of the molecule is Fc1c(Cl)ccc2c(Br)csc12. The van der Waals surface area contributed by atoms with Crippen LogP contribution in [0.3, 0.4) is 0 Å². The van der Waals surface area contributed by atoms with E-state index in [0.717, 1.165) is 9.86 Å². The molecule has 0 fully saturated rings. The lowest BCUT2D eigenvalue weighted by Gasteiger charge is -1.94. The number of rotatable bonds is 0. The molecule has 0 aliphatic rings. The van der Waals surface area contributed by atoms with Crippen molar-refractivity contribution in [2.75, 3.05) is 0 Å². The van der Waals surface area contributed by atoms with Crippen molar-refractivity contribution in [2.24, 2.45) is 0 Å². The lowest BCUT2D eigenvalue weighted by molar-refractivity contribution is 0.642. The second kappa shape index (κ2) is 2.98. The van der Waals surface area contributed by atoms with E-state index >= 15 is 0 Å². The van der Waals surface area contributed by atoms with Crippen LogP contribution in [0.2, 0.25) is 5.02 Å². The third-order valence-corrected chi connectivity index (χ3v) is 3.83. The molecule has 2 aromatic rings. The van der Waals surface area contributed by atoms with Crippen LogP contribution >= 0.6 is 38.9 Å². The van der Waals surface area contributed by atoms with E-state index in [1.165, 1.54) is 11.3 Å². The maximum Gasteiger partial charge on any atom is 0.159 e. The molecule has 0 spiro atoms. The summed E-state index contributed by atoms with van der Waals surface area (Å²) < 4.78 is 14.8. The number of hydrogen-bond donors (Lipinski definition) is 0. The van der Waals surface area contributed by atoms with Gasteiger partial charge in [0, 0.05) is 15.2 Å². The monoisotopic (exact) mass is 264 g/mol. The van der Waals surface area contributed by atoms with Crippen molar-refractivity contribution >= 4 is 49.0 Å². The Labute approximate surface area is 86.1 Å². The summed E-state index contributed by atoms with van der Waals surface area (Å²) in [4.78, 5) is 0. The van der Waals surface area contributed by atoms with Gasteiger partial charge in [0.15, 0.2) is 5.82 Å². The summed E-state index contributed by atoms with van der Waals surface area (Å²) in [6, 6.07) is 3.37. The van der Waals surface area contributed by atoms with Crippen LogP contribution in [-0.4, -0.2) is 0 Å². The van der Waals surface area contributed by atoms with Crippen LogP contribution < -0.4 is 0 Å². The maximum absolute atomic E-state index is 13.3. The first kappa shape index (κ1) is 8.48. The minimum Gasteiger partial charge on any atom is -0.204 e. The van der Waals surface area contributed by atoms with E-state index in [2.05, 4.69) is 15.9 Å². The van der Waals surface area contributed by atoms with Gasteiger partial charge in [-0.2, -0.15) is 0 Å². The average Bonchev–Trinajstić information content (AvgIpc) is 2.41. The van der Waals surface area contributed by atoms with Gasteiger partial charge in [0.1, 0.15) is 0 Å². The highest BCUT2D eigenvalue weighted by atomic mass is 79.9. The number of thiophene rings is 1. The Kier molecular flexibility index (Phi) is 2.10. The molecule has 0 amide bonds. The summed E-state index contributed by atoms with van der Waals surface area (Å²) in [6.07, 6.45) is 0. The third-order valence-electron chi connectivity index (χ3n) is 1.59. The lowest BCUT2D eigenvalue weighted by Crippen LogP contribution is -1.75. The van der Waals surface area contributed by atoms with E-state index < -0.39 is 0 Å². The third kappa shape index (κ3) is 1.16. The smallest absolute Gasteiger partial charge is 0.159 e. The van der Waals surface area contributed by atoms with Crippen molar-refractivity contribution in [3.63, 3.8) is 0 Å². The van der Waals surface area contributed by atoms with Crippen molar-refractivity contribution < 1.29 is 4.39 Å². The molecular formula is C8H3BrClFS. The van der Waals surface area contributed by atoms with Crippen LogP contribution in [0.25, 0.3) is 10.1 Å². The zero-order valence-corrected chi connectivity index (χ0v) is 8.93. The summed E-state index contributed by atoms with van der Waals surface area (Å²) in [5.74, 6) is -0.329. The summed E-state index contributed by atoms with van der Waals surface area (Å²) in [5.41, 5.74) is 0. The molecule has 1 heterocycles. The lowest BCUT2D eigenvalue weighted by atomic mass is 10.2. The van der Waals surface area contributed by atoms with Crippen molar-refractivity contribution in [3.05, 3.63) is 32.8 Å². The van der Waals surface area contributed by atoms with Gasteiger partial charge in [-0.05, 0) is 22.0 Å². The molecular weight excluding hydrogens is 263 g/mol. The van der Waals surface area contributed by atoms with E-state index in [1.54, 1.807) is 12.1 Å². The van der Waals surface area contributed by atoms with Crippen molar-refractivity contribution in [1.29, 1.82) is 0 Å². The predicted octanol–water partition coefficient (Wildman–Crippen LogP) is 4.46. The van der Waals surface area contributed by atoms with Crippen molar-refractivity contribution in [3.8, 4) is 0 Å². The van der Waals surface area contributed by atoms with Gasteiger partial charge >= 0.3 is 0 Å². The highest BCUT2D eigenvalue weighted by molar-refractivity contribution is 9.10. The fourth-order valence-electron chi connectivity index (χ4n) is 1.01. The largest absolute Gasteiger partial charge is 0.204 e. The minimum atomic E-state index is -0.329. The van der Waals surface area contributed by atoms with Gasteiger partial charge in [-0.15, -0.1) is 11.3 Å². The Bertz CT molecular complexity index is 438. The summed E-state index contributed by atoms with van der Waals surface area (Å²) >= 11 is 10.3. The fourth-order valence-corrected chi connectivity index (χ4v) is 2.83. The van der Waals surface area contributed by atoms with Crippen molar-refractivity contribution in [2.45, 2.75) is 0 Å². The summed E-state index contributed by atoms with van der Waals surface area (Å²) in [6.45, 7) is 0. The predicted molar refractivity (Wildman–Crippen MR) is 54.5 cm³/mol. The fraction of sp³-hybridized carbons (Fsp3) is 0.